The van der Waals surface area contributed by atoms with E-state index < -0.39 is 10.0 Å². The fraction of sp³-hybridized carbons (Fsp3) is 0.462. The number of sulfonamides is 1. The molecule has 0 fully saturated rings. The SMILES string of the molecule is COc1ccc(S(=O)(=O)NCC(=O)NCCN(C)C)cc1. The van der Waals surface area contributed by atoms with Gasteiger partial charge in [0.25, 0.3) is 0 Å². The van der Waals surface area contributed by atoms with Gasteiger partial charge in [-0.25, -0.2) is 13.1 Å². The van der Waals surface area contributed by atoms with Crippen molar-refractivity contribution in [3.8, 4) is 5.75 Å². The first-order chi connectivity index (χ1) is 9.85. The second-order valence-electron chi connectivity index (χ2n) is 4.65. The summed E-state index contributed by atoms with van der Waals surface area (Å²) in [6.45, 7) is 0.870. The minimum Gasteiger partial charge on any atom is -0.497 e. The van der Waals surface area contributed by atoms with Gasteiger partial charge in [0, 0.05) is 13.1 Å². The Bertz CT molecular complexity index is 555. The lowest BCUT2D eigenvalue weighted by atomic mass is 10.3. The molecule has 0 aliphatic rings. The van der Waals surface area contributed by atoms with Gasteiger partial charge in [0.15, 0.2) is 0 Å². The van der Waals surface area contributed by atoms with E-state index >= 15 is 0 Å². The van der Waals surface area contributed by atoms with E-state index in [4.69, 9.17) is 4.74 Å². The highest BCUT2D eigenvalue weighted by molar-refractivity contribution is 7.89. The van der Waals surface area contributed by atoms with Gasteiger partial charge < -0.3 is 15.0 Å². The molecule has 1 aromatic carbocycles. The van der Waals surface area contributed by atoms with E-state index in [2.05, 4.69) is 10.0 Å². The molecule has 21 heavy (non-hydrogen) atoms. The average molecular weight is 315 g/mol. The maximum absolute atomic E-state index is 12.0. The van der Waals surface area contributed by atoms with Crippen molar-refractivity contribution in [3.63, 3.8) is 0 Å². The molecule has 7 nitrogen and oxygen atoms in total. The minimum atomic E-state index is -3.70. The quantitative estimate of drug-likeness (QED) is 0.685. The first-order valence-electron chi connectivity index (χ1n) is 6.40. The molecular weight excluding hydrogens is 294 g/mol. The monoisotopic (exact) mass is 315 g/mol. The molecule has 2 N–H and O–H groups in total. The number of nitrogens with one attached hydrogen (secondary N) is 2. The summed E-state index contributed by atoms with van der Waals surface area (Å²) in [5, 5.41) is 2.63. The van der Waals surface area contributed by atoms with Crippen LogP contribution >= 0.6 is 0 Å². The van der Waals surface area contributed by atoms with Crippen LogP contribution in [0.25, 0.3) is 0 Å². The Balaban J connectivity index is 2.50. The molecule has 8 heteroatoms. The highest BCUT2D eigenvalue weighted by atomic mass is 32.2. The van der Waals surface area contributed by atoms with E-state index in [1.165, 1.54) is 19.2 Å². The Hall–Kier alpha value is -1.64. The molecule has 1 amide bonds. The normalized spacial score (nSPS) is 11.4. The number of hydrogen-bond acceptors (Lipinski definition) is 5. The standard InChI is InChI=1S/C13H21N3O4S/c1-16(2)9-8-14-13(17)10-15-21(18,19)12-6-4-11(20-3)5-7-12/h4-7,15H,8-10H2,1-3H3,(H,14,17). The van der Waals surface area contributed by atoms with E-state index in [0.29, 0.717) is 18.8 Å². The van der Waals surface area contributed by atoms with E-state index in [-0.39, 0.29) is 17.3 Å². The molecule has 1 aromatic rings. The summed E-state index contributed by atoms with van der Waals surface area (Å²) in [4.78, 5) is 13.5. The van der Waals surface area contributed by atoms with Crippen molar-refractivity contribution >= 4 is 15.9 Å². The molecule has 118 valence electrons. The molecule has 0 aromatic heterocycles. The van der Waals surface area contributed by atoms with Gasteiger partial charge in [0.1, 0.15) is 5.75 Å². The number of ether oxygens (including phenoxy) is 1. The Kier molecular flexibility index (Phi) is 6.60. The first-order valence-corrected chi connectivity index (χ1v) is 7.88. The van der Waals surface area contributed by atoms with Crippen molar-refractivity contribution in [1.82, 2.24) is 14.9 Å². The maximum Gasteiger partial charge on any atom is 0.241 e. The second kappa shape index (κ2) is 7.96. The van der Waals surface area contributed by atoms with E-state index in [1.807, 2.05) is 19.0 Å². The number of benzene rings is 1. The zero-order valence-electron chi connectivity index (χ0n) is 12.4. The van der Waals surface area contributed by atoms with Crippen molar-refractivity contribution in [3.05, 3.63) is 24.3 Å². The third kappa shape index (κ3) is 6.11. The van der Waals surface area contributed by atoms with Gasteiger partial charge in [0.2, 0.25) is 15.9 Å². The van der Waals surface area contributed by atoms with Crippen LogP contribution in [-0.2, 0) is 14.8 Å². The van der Waals surface area contributed by atoms with Crippen LogP contribution in [0.5, 0.6) is 5.75 Å². The summed E-state index contributed by atoms with van der Waals surface area (Å²) >= 11 is 0. The lowest BCUT2D eigenvalue weighted by molar-refractivity contribution is -0.119. The lowest BCUT2D eigenvalue weighted by Crippen LogP contribution is -2.39. The number of hydrogen-bond donors (Lipinski definition) is 2. The van der Waals surface area contributed by atoms with E-state index in [0.717, 1.165) is 0 Å². The van der Waals surface area contributed by atoms with Crippen LogP contribution in [0, 0.1) is 0 Å². The summed E-state index contributed by atoms with van der Waals surface area (Å²) in [5.74, 6) is 0.198. The van der Waals surface area contributed by atoms with Gasteiger partial charge in [-0.1, -0.05) is 0 Å². The molecule has 0 saturated heterocycles. The second-order valence-corrected chi connectivity index (χ2v) is 6.42. The van der Waals surface area contributed by atoms with Crippen LogP contribution in [0.15, 0.2) is 29.2 Å². The Morgan fingerprint density at radius 3 is 2.38 bits per heavy atom. The molecule has 0 spiro atoms. The number of amides is 1. The van der Waals surface area contributed by atoms with Crippen molar-refractivity contribution in [2.45, 2.75) is 4.90 Å². The number of rotatable bonds is 8. The van der Waals surface area contributed by atoms with Gasteiger partial charge in [-0.05, 0) is 38.4 Å². The molecule has 0 saturated carbocycles. The van der Waals surface area contributed by atoms with Crippen LogP contribution < -0.4 is 14.8 Å². The van der Waals surface area contributed by atoms with Crippen LogP contribution in [0.3, 0.4) is 0 Å². The Morgan fingerprint density at radius 2 is 1.86 bits per heavy atom. The topological polar surface area (TPSA) is 87.7 Å². The maximum atomic E-state index is 12.0. The number of carbonyl (C=O) groups is 1. The van der Waals surface area contributed by atoms with Crippen molar-refractivity contribution < 1.29 is 17.9 Å². The van der Waals surface area contributed by atoms with Crippen molar-refractivity contribution in [2.24, 2.45) is 0 Å². The molecule has 0 heterocycles. The van der Waals surface area contributed by atoms with Crippen LogP contribution in [0.2, 0.25) is 0 Å². The minimum absolute atomic E-state index is 0.0874. The summed E-state index contributed by atoms with van der Waals surface area (Å²) in [6.07, 6.45) is 0. The number of nitrogens with zero attached hydrogens (tertiary/aromatic N) is 1. The Morgan fingerprint density at radius 1 is 1.24 bits per heavy atom. The fourth-order valence-corrected chi connectivity index (χ4v) is 2.46. The van der Waals surface area contributed by atoms with E-state index in [1.54, 1.807) is 12.1 Å². The highest BCUT2D eigenvalue weighted by Gasteiger charge is 2.15. The fourth-order valence-electron chi connectivity index (χ4n) is 1.48. The molecular formula is C13H21N3O4S. The van der Waals surface area contributed by atoms with Crippen LogP contribution in [0.1, 0.15) is 0 Å². The largest absolute Gasteiger partial charge is 0.497 e. The van der Waals surface area contributed by atoms with Gasteiger partial charge in [-0.15, -0.1) is 0 Å². The predicted octanol–water partition coefficient (Wildman–Crippen LogP) is -0.349. The summed E-state index contributed by atoms with van der Waals surface area (Å²) < 4.78 is 31.2. The lowest BCUT2D eigenvalue weighted by Gasteiger charge is -2.11. The molecule has 0 atom stereocenters. The smallest absolute Gasteiger partial charge is 0.241 e. The molecule has 1 rings (SSSR count). The van der Waals surface area contributed by atoms with E-state index in [9.17, 15) is 13.2 Å². The molecule has 0 radical (unpaired) electrons. The number of methoxy groups -OCH3 is 1. The highest BCUT2D eigenvalue weighted by Crippen LogP contribution is 2.14. The zero-order chi connectivity index (χ0) is 15.9. The zero-order valence-corrected chi connectivity index (χ0v) is 13.2. The van der Waals surface area contributed by atoms with Gasteiger partial charge in [-0.3, -0.25) is 4.79 Å². The van der Waals surface area contributed by atoms with Gasteiger partial charge in [0.05, 0.1) is 18.6 Å². The average Bonchev–Trinajstić information content (AvgIpc) is 2.45. The molecule has 0 aliphatic heterocycles. The van der Waals surface area contributed by atoms with Crippen molar-refractivity contribution in [1.29, 1.82) is 0 Å². The van der Waals surface area contributed by atoms with Crippen LogP contribution in [-0.4, -0.2) is 60.1 Å². The van der Waals surface area contributed by atoms with Crippen LogP contribution in [0.4, 0.5) is 0 Å². The third-order valence-corrected chi connectivity index (χ3v) is 4.09. The third-order valence-electron chi connectivity index (χ3n) is 2.67. The predicted molar refractivity (Wildman–Crippen MR) is 79.7 cm³/mol. The number of likely N-dealkylation sites (N-methyl/N-ethyl adjacent to an activating group) is 1. The van der Waals surface area contributed by atoms with Gasteiger partial charge in [-0.2, -0.15) is 0 Å². The Labute approximate surface area is 125 Å². The summed E-state index contributed by atoms with van der Waals surface area (Å²) in [5.41, 5.74) is 0. The molecule has 0 bridgehead atoms. The molecule has 0 aliphatic carbocycles. The van der Waals surface area contributed by atoms with Crippen molar-refractivity contribution in [2.75, 3.05) is 40.8 Å². The van der Waals surface area contributed by atoms with Gasteiger partial charge >= 0.3 is 0 Å². The number of carbonyl (C=O) groups excluding carboxylic acids is 1. The first kappa shape index (κ1) is 17.4. The molecule has 0 unspecified atom stereocenters. The summed E-state index contributed by atoms with van der Waals surface area (Å²) in [7, 11) is 1.58. The summed E-state index contributed by atoms with van der Waals surface area (Å²) in [6, 6.07) is 5.94.